The van der Waals surface area contributed by atoms with Gasteiger partial charge in [0.15, 0.2) is 14.6 Å². The van der Waals surface area contributed by atoms with Gasteiger partial charge in [-0.3, -0.25) is 4.79 Å². The van der Waals surface area contributed by atoms with Crippen molar-refractivity contribution in [1.82, 2.24) is 10.2 Å². The van der Waals surface area contributed by atoms with Gasteiger partial charge >= 0.3 is 0 Å². The van der Waals surface area contributed by atoms with Crippen molar-refractivity contribution in [3.63, 3.8) is 0 Å². The lowest BCUT2D eigenvalue weighted by molar-refractivity contribution is -0.123. The standard InChI is InChI=1S/C25H34N2O3S/c1-20-12-13-23(18-21(20)2)31(29,30)25(14-7-8-15-25)24(28)26-16-9-17-27(3)19-22-10-5-4-6-11-22/h4-6,10-13,18H,7-9,14-17,19H2,1-3H3,(H,26,28). The number of rotatable bonds is 9. The molecule has 5 nitrogen and oxygen atoms in total. The second-order valence-electron chi connectivity index (χ2n) is 8.78. The van der Waals surface area contributed by atoms with Crippen molar-refractivity contribution in [2.24, 2.45) is 0 Å². The molecule has 1 aliphatic rings. The second kappa shape index (κ2) is 9.96. The van der Waals surface area contributed by atoms with Gasteiger partial charge < -0.3 is 10.2 Å². The highest BCUT2D eigenvalue weighted by atomic mass is 32.2. The molecular formula is C25H34N2O3S. The second-order valence-corrected chi connectivity index (χ2v) is 11.0. The molecule has 1 saturated carbocycles. The van der Waals surface area contributed by atoms with E-state index in [1.54, 1.807) is 12.1 Å². The zero-order valence-corrected chi connectivity index (χ0v) is 19.7. The molecule has 0 radical (unpaired) electrons. The van der Waals surface area contributed by atoms with E-state index in [0.29, 0.717) is 19.4 Å². The molecule has 0 aliphatic heterocycles. The Labute approximate surface area is 186 Å². The first-order valence-electron chi connectivity index (χ1n) is 11.1. The summed E-state index contributed by atoms with van der Waals surface area (Å²) in [6, 6.07) is 15.4. The molecule has 0 bridgehead atoms. The summed E-state index contributed by atoms with van der Waals surface area (Å²) in [5.74, 6) is -0.339. The number of hydrogen-bond donors (Lipinski definition) is 1. The van der Waals surface area contributed by atoms with E-state index in [0.717, 1.165) is 43.5 Å². The Morgan fingerprint density at radius 2 is 1.71 bits per heavy atom. The fourth-order valence-electron chi connectivity index (χ4n) is 4.36. The maximum absolute atomic E-state index is 13.5. The Kier molecular flexibility index (Phi) is 7.55. The number of nitrogens with one attached hydrogen (secondary N) is 1. The molecule has 0 heterocycles. The molecule has 0 saturated heterocycles. The molecule has 31 heavy (non-hydrogen) atoms. The Morgan fingerprint density at radius 3 is 2.35 bits per heavy atom. The lowest BCUT2D eigenvalue weighted by atomic mass is 10.1. The van der Waals surface area contributed by atoms with Gasteiger partial charge in [0.25, 0.3) is 0 Å². The first kappa shape index (κ1) is 23.5. The van der Waals surface area contributed by atoms with Crippen LogP contribution in [0.5, 0.6) is 0 Å². The predicted molar refractivity (Wildman–Crippen MR) is 125 cm³/mol. The van der Waals surface area contributed by atoms with Crippen LogP contribution in [0.25, 0.3) is 0 Å². The summed E-state index contributed by atoms with van der Waals surface area (Å²) in [5.41, 5.74) is 3.22. The van der Waals surface area contributed by atoms with Gasteiger partial charge in [-0.2, -0.15) is 0 Å². The van der Waals surface area contributed by atoms with Gasteiger partial charge in [0, 0.05) is 13.1 Å². The van der Waals surface area contributed by atoms with Crippen LogP contribution in [0.15, 0.2) is 53.4 Å². The van der Waals surface area contributed by atoms with Crippen molar-refractivity contribution in [2.75, 3.05) is 20.1 Å². The fraction of sp³-hybridized carbons (Fsp3) is 0.480. The minimum Gasteiger partial charge on any atom is -0.355 e. The first-order chi connectivity index (χ1) is 14.8. The molecule has 2 aromatic rings. The zero-order valence-electron chi connectivity index (χ0n) is 18.9. The summed E-state index contributed by atoms with van der Waals surface area (Å²) in [4.78, 5) is 15.6. The molecule has 3 rings (SSSR count). The quantitative estimate of drug-likeness (QED) is 0.596. The number of benzene rings is 2. The molecule has 1 N–H and O–H groups in total. The van der Waals surface area contributed by atoms with Crippen LogP contribution in [-0.4, -0.2) is 44.1 Å². The van der Waals surface area contributed by atoms with E-state index in [2.05, 4.69) is 29.4 Å². The van der Waals surface area contributed by atoms with Crippen molar-refractivity contribution in [2.45, 2.75) is 62.1 Å². The summed E-state index contributed by atoms with van der Waals surface area (Å²) in [6.07, 6.45) is 3.08. The topological polar surface area (TPSA) is 66.5 Å². The summed E-state index contributed by atoms with van der Waals surface area (Å²) in [7, 11) is -1.70. The van der Waals surface area contributed by atoms with Crippen LogP contribution in [0.4, 0.5) is 0 Å². The number of aryl methyl sites for hydroxylation is 2. The van der Waals surface area contributed by atoms with Gasteiger partial charge in [0.1, 0.15) is 0 Å². The molecule has 0 unspecified atom stereocenters. The molecule has 2 aromatic carbocycles. The molecular weight excluding hydrogens is 408 g/mol. The van der Waals surface area contributed by atoms with Crippen LogP contribution in [0.2, 0.25) is 0 Å². The van der Waals surface area contributed by atoms with Gasteiger partial charge in [-0.05, 0) is 75.5 Å². The van der Waals surface area contributed by atoms with Gasteiger partial charge in [0.05, 0.1) is 4.90 Å². The van der Waals surface area contributed by atoms with Crippen LogP contribution in [0.1, 0.15) is 48.8 Å². The maximum Gasteiger partial charge on any atom is 0.241 e. The number of sulfone groups is 1. The molecule has 0 spiro atoms. The van der Waals surface area contributed by atoms with Gasteiger partial charge in [-0.25, -0.2) is 8.42 Å². The van der Waals surface area contributed by atoms with Crippen molar-refractivity contribution >= 4 is 15.7 Å². The normalized spacial score (nSPS) is 15.9. The molecule has 0 aromatic heterocycles. The summed E-state index contributed by atoms with van der Waals surface area (Å²) < 4.78 is 25.7. The largest absolute Gasteiger partial charge is 0.355 e. The highest BCUT2D eigenvalue weighted by molar-refractivity contribution is 7.93. The van der Waals surface area contributed by atoms with Gasteiger partial charge in [0.2, 0.25) is 5.91 Å². The van der Waals surface area contributed by atoms with E-state index in [1.807, 2.05) is 38.1 Å². The molecule has 6 heteroatoms. The van der Waals surface area contributed by atoms with Crippen molar-refractivity contribution in [3.05, 3.63) is 65.2 Å². The van der Waals surface area contributed by atoms with Crippen molar-refractivity contribution in [1.29, 1.82) is 0 Å². The molecule has 1 fully saturated rings. The summed E-state index contributed by atoms with van der Waals surface area (Å²) in [6.45, 7) is 6.01. The van der Waals surface area contributed by atoms with Crippen molar-refractivity contribution in [3.8, 4) is 0 Å². The molecule has 1 aliphatic carbocycles. The van der Waals surface area contributed by atoms with E-state index in [-0.39, 0.29) is 10.8 Å². The third-order valence-corrected chi connectivity index (χ3v) is 8.92. The number of nitrogens with zero attached hydrogens (tertiary/aromatic N) is 1. The predicted octanol–water partition coefficient (Wildman–Crippen LogP) is 4.03. The van der Waals surface area contributed by atoms with Crippen LogP contribution >= 0.6 is 0 Å². The van der Waals surface area contributed by atoms with Gasteiger partial charge in [-0.15, -0.1) is 0 Å². The lowest BCUT2D eigenvalue weighted by Crippen LogP contribution is -2.51. The van der Waals surface area contributed by atoms with Crippen LogP contribution in [0.3, 0.4) is 0 Å². The zero-order chi connectivity index (χ0) is 22.5. The third kappa shape index (κ3) is 5.18. The minimum absolute atomic E-state index is 0.259. The lowest BCUT2D eigenvalue weighted by Gasteiger charge is -2.28. The molecule has 168 valence electrons. The third-order valence-electron chi connectivity index (χ3n) is 6.43. The minimum atomic E-state index is -3.76. The first-order valence-corrected chi connectivity index (χ1v) is 12.6. The Bertz CT molecular complexity index is 997. The highest BCUT2D eigenvalue weighted by Gasteiger charge is 2.52. The number of carbonyl (C=O) groups excluding carboxylic acids is 1. The monoisotopic (exact) mass is 442 g/mol. The smallest absolute Gasteiger partial charge is 0.241 e. The Hall–Kier alpha value is -2.18. The van der Waals surface area contributed by atoms with E-state index in [9.17, 15) is 13.2 Å². The summed E-state index contributed by atoms with van der Waals surface area (Å²) >= 11 is 0. The van der Waals surface area contributed by atoms with E-state index < -0.39 is 14.6 Å². The average Bonchev–Trinajstić information content (AvgIpc) is 3.25. The van der Waals surface area contributed by atoms with Crippen LogP contribution < -0.4 is 5.32 Å². The SMILES string of the molecule is Cc1ccc(S(=O)(=O)C2(C(=O)NCCCN(C)Cc3ccccc3)CCCC2)cc1C. The Morgan fingerprint density at radius 1 is 1.03 bits per heavy atom. The number of carbonyl (C=O) groups is 1. The van der Waals surface area contributed by atoms with E-state index in [1.165, 1.54) is 5.56 Å². The fourth-order valence-corrected chi connectivity index (χ4v) is 6.53. The molecule has 1 amide bonds. The van der Waals surface area contributed by atoms with Crippen LogP contribution in [0, 0.1) is 13.8 Å². The van der Waals surface area contributed by atoms with Crippen molar-refractivity contribution < 1.29 is 13.2 Å². The van der Waals surface area contributed by atoms with Gasteiger partial charge in [-0.1, -0.05) is 49.2 Å². The van der Waals surface area contributed by atoms with E-state index in [4.69, 9.17) is 0 Å². The van der Waals surface area contributed by atoms with E-state index >= 15 is 0 Å². The van der Waals surface area contributed by atoms with Crippen LogP contribution in [-0.2, 0) is 21.2 Å². The summed E-state index contributed by atoms with van der Waals surface area (Å²) in [5, 5.41) is 2.94. The Balaban J connectivity index is 1.62. The average molecular weight is 443 g/mol. The maximum atomic E-state index is 13.5. The number of amides is 1. The molecule has 0 atom stereocenters. The highest BCUT2D eigenvalue weighted by Crippen LogP contribution is 2.41. The number of hydrogen-bond acceptors (Lipinski definition) is 4.